The molecule has 0 saturated carbocycles. The Kier molecular flexibility index (Phi) is 5.63. The van der Waals surface area contributed by atoms with Crippen molar-refractivity contribution in [2.24, 2.45) is 15.7 Å². The van der Waals surface area contributed by atoms with Gasteiger partial charge in [0.2, 0.25) is 5.96 Å². The highest BCUT2D eigenvalue weighted by Crippen LogP contribution is 2.19. The summed E-state index contributed by atoms with van der Waals surface area (Å²) in [4.78, 5) is 7.61. The molecule has 7 nitrogen and oxygen atoms in total. The van der Waals surface area contributed by atoms with Gasteiger partial charge in [0.25, 0.3) is 0 Å². The number of aliphatic imine (C=N–C) groups is 2. The lowest BCUT2D eigenvalue weighted by Gasteiger charge is -2.29. The molecule has 0 amide bonds. The number of halogens is 2. The number of benzene rings is 1. The van der Waals surface area contributed by atoms with E-state index < -0.39 is 11.6 Å². The Hall–Kier alpha value is -2.89. The third-order valence-electron chi connectivity index (χ3n) is 2.86. The monoisotopic (exact) mass is 309 g/mol. The Labute approximate surface area is 127 Å². The summed E-state index contributed by atoms with van der Waals surface area (Å²) >= 11 is 0. The molecule has 0 unspecified atom stereocenters. The predicted octanol–water partition coefficient (Wildman–Crippen LogP) is 1.04. The van der Waals surface area contributed by atoms with E-state index >= 15 is 0 Å². The highest BCUT2D eigenvalue weighted by Gasteiger charge is 2.19. The Morgan fingerprint density at radius 1 is 1.36 bits per heavy atom. The molecule has 0 aliphatic rings. The van der Waals surface area contributed by atoms with E-state index in [1.165, 1.54) is 19.1 Å². The molecule has 0 bridgehead atoms. The Morgan fingerprint density at radius 3 is 2.36 bits per heavy atom. The summed E-state index contributed by atoms with van der Waals surface area (Å²) in [5.41, 5.74) is 10.6. The van der Waals surface area contributed by atoms with Gasteiger partial charge in [0.15, 0.2) is 6.19 Å². The van der Waals surface area contributed by atoms with E-state index in [1.807, 2.05) is 6.19 Å². The summed E-state index contributed by atoms with van der Waals surface area (Å²) < 4.78 is 27.8. The molecule has 118 valence electrons. The number of nitrogen functional groups attached to an aromatic ring is 1. The van der Waals surface area contributed by atoms with Gasteiger partial charge < -0.3 is 11.5 Å². The molecule has 1 aromatic carbocycles. The van der Waals surface area contributed by atoms with Gasteiger partial charge in [-0.15, -0.1) is 0 Å². The van der Waals surface area contributed by atoms with Crippen molar-refractivity contribution in [3.8, 4) is 6.19 Å². The van der Waals surface area contributed by atoms with Gasteiger partial charge in [0.1, 0.15) is 17.5 Å². The van der Waals surface area contributed by atoms with Crippen LogP contribution < -0.4 is 11.5 Å². The average molecular weight is 309 g/mol. The molecule has 4 N–H and O–H groups in total. The molecule has 0 spiro atoms. The number of hydrogen-bond donors (Lipinski definition) is 2. The fourth-order valence-electron chi connectivity index (χ4n) is 1.69. The zero-order valence-corrected chi connectivity index (χ0v) is 12.5. The molecular formula is C13H17F2N7. The lowest BCUT2D eigenvalue weighted by Crippen LogP contribution is -2.41. The molecule has 0 saturated heterocycles. The fourth-order valence-corrected chi connectivity index (χ4v) is 1.69. The van der Waals surface area contributed by atoms with E-state index in [4.69, 9.17) is 16.7 Å². The van der Waals surface area contributed by atoms with Crippen LogP contribution in [0.4, 0.5) is 14.5 Å². The largest absolute Gasteiger partial charge is 0.399 e. The van der Waals surface area contributed by atoms with Gasteiger partial charge in [-0.05, 0) is 19.1 Å². The van der Waals surface area contributed by atoms with Gasteiger partial charge in [0.05, 0.1) is 6.54 Å². The Balaban J connectivity index is 3.22. The van der Waals surface area contributed by atoms with Crippen molar-refractivity contribution >= 4 is 17.5 Å². The van der Waals surface area contributed by atoms with Crippen LogP contribution in [0.15, 0.2) is 22.1 Å². The molecule has 0 aromatic heterocycles. The number of hydrogen-bond acceptors (Lipinski definition) is 4. The number of guanidine groups is 1. The van der Waals surface area contributed by atoms with Crippen molar-refractivity contribution in [3.05, 3.63) is 29.3 Å². The maximum Gasteiger partial charge on any atom is 0.216 e. The number of amidine groups is 1. The number of nitrogens with zero attached hydrogens (tertiary/aromatic N) is 5. The zero-order valence-electron chi connectivity index (χ0n) is 12.5. The van der Waals surface area contributed by atoms with Gasteiger partial charge in [0, 0.05) is 25.3 Å². The average Bonchev–Trinajstić information content (AvgIpc) is 2.45. The molecule has 0 heterocycles. The number of rotatable bonds is 3. The van der Waals surface area contributed by atoms with Crippen LogP contribution in [-0.2, 0) is 6.54 Å². The zero-order chi connectivity index (χ0) is 16.9. The number of anilines is 1. The fraction of sp³-hybridized carbons (Fsp3) is 0.308. The minimum atomic E-state index is -0.807. The number of hydrazine groups is 1. The molecule has 0 radical (unpaired) electrons. The smallest absolute Gasteiger partial charge is 0.216 e. The van der Waals surface area contributed by atoms with E-state index in [0.717, 1.165) is 17.1 Å². The van der Waals surface area contributed by atoms with Crippen LogP contribution in [0.2, 0.25) is 0 Å². The summed E-state index contributed by atoms with van der Waals surface area (Å²) in [5.74, 6) is -1.38. The van der Waals surface area contributed by atoms with Gasteiger partial charge >= 0.3 is 0 Å². The van der Waals surface area contributed by atoms with Crippen LogP contribution in [0.1, 0.15) is 12.5 Å². The van der Waals surface area contributed by atoms with E-state index in [1.54, 1.807) is 6.92 Å². The first-order chi connectivity index (χ1) is 10.3. The maximum atomic E-state index is 13.9. The highest BCUT2D eigenvalue weighted by molar-refractivity contribution is 5.93. The first-order valence-electron chi connectivity index (χ1n) is 6.22. The second kappa shape index (κ2) is 7.21. The minimum Gasteiger partial charge on any atom is -0.399 e. The van der Waals surface area contributed by atoms with Gasteiger partial charge in [-0.25, -0.2) is 13.8 Å². The van der Waals surface area contributed by atoms with Gasteiger partial charge in [-0.3, -0.25) is 10.0 Å². The molecule has 0 aliphatic carbocycles. The van der Waals surface area contributed by atoms with Crippen LogP contribution in [0.3, 0.4) is 0 Å². The lowest BCUT2D eigenvalue weighted by atomic mass is 10.1. The summed E-state index contributed by atoms with van der Waals surface area (Å²) in [5, 5.41) is 11.4. The standard InChI is InChI=1S/C13H17F2N7/c1-8(20-13(18)19-2)22(21(3)7-16)6-10-11(14)4-9(17)5-12(10)15/h4-5H,6,17H2,1-3H3,(H2,18,19). The SMILES string of the molecule is CN=C(N)N=C(C)N(Cc1c(F)cc(N)cc1F)N(C)C#N. The Morgan fingerprint density at radius 2 is 1.91 bits per heavy atom. The van der Waals surface area contributed by atoms with Crippen LogP contribution in [0.5, 0.6) is 0 Å². The van der Waals surface area contributed by atoms with Crippen molar-refractivity contribution in [1.29, 1.82) is 5.26 Å². The molecule has 1 aromatic rings. The second-order valence-corrected chi connectivity index (χ2v) is 4.39. The molecule has 0 fully saturated rings. The van der Waals surface area contributed by atoms with E-state index in [-0.39, 0.29) is 29.6 Å². The lowest BCUT2D eigenvalue weighted by molar-refractivity contribution is 0.135. The van der Waals surface area contributed by atoms with Crippen molar-refractivity contribution in [2.75, 3.05) is 19.8 Å². The minimum absolute atomic E-state index is 0.0212. The quantitative estimate of drug-likeness (QED) is 0.217. The molecular weight excluding hydrogens is 292 g/mol. The highest BCUT2D eigenvalue weighted by atomic mass is 19.1. The van der Waals surface area contributed by atoms with Gasteiger partial charge in [-0.1, -0.05) is 0 Å². The number of nitriles is 1. The molecule has 0 aliphatic heterocycles. The summed E-state index contributed by atoms with van der Waals surface area (Å²) in [6, 6.07) is 2.02. The van der Waals surface area contributed by atoms with Crippen molar-refractivity contribution in [2.45, 2.75) is 13.5 Å². The first-order valence-corrected chi connectivity index (χ1v) is 6.22. The summed E-state index contributed by atoms with van der Waals surface area (Å²) in [6.45, 7) is 1.29. The third-order valence-corrected chi connectivity index (χ3v) is 2.86. The molecule has 1 rings (SSSR count). The summed E-state index contributed by atoms with van der Waals surface area (Å²) in [6.07, 6.45) is 1.84. The van der Waals surface area contributed by atoms with Gasteiger partial charge in [-0.2, -0.15) is 10.3 Å². The van der Waals surface area contributed by atoms with Crippen LogP contribution in [0, 0.1) is 23.1 Å². The number of nitrogens with two attached hydrogens (primary N) is 2. The van der Waals surface area contributed by atoms with Crippen molar-refractivity contribution in [1.82, 2.24) is 10.0 Å². The summed E-state index contributed by atoms with van der Waals surface area (Å²) in [7, 11) is 2.87. The molecule has 22 heavy (non-hydrogen) atoms. The van der Waals surface area contributed by atoms with E-state index in [9.17, 15) is 8.78 Å². The van der Waals surface area contributed by atoms with Crippen LogP contribution in [0.25, 0.3) is 0 Å². The van der Waals surface area contributed by atoms with Crippen molar-refractivity contribution < 1.29 is 8.78 Å². The van der Waals surface area contributed by atoms with E-state index in [0.29, 0.717) is 0 Å². The molecule has 0 atom stereocenters. The van der Waals surface area contributed by atoms with Crippen LogP contribution in [-0.4, -0.2) is 35.9 Å². The van der Waals surface area contributed by atoms with Crippen molar-refractivity contribution in [3.63, 3.8) is 0 Å². The third kappa shape index (κ3) is 4.05. The topological polar surface area (TPSA) is 107 Å². The second-order valence-electron chi connectivity index (χ2n) is 4.39. The maximum absolute atomic E-state index is 13.9. The normalized spacial score (nSPS) is 12.0. The molecule has 9 heteroatoms. The van der Waals surface area contributed by atoms with E-state index in [2.05, 4.69) is 9.98 Å². The van der Waals surface area contributed by atoms with Crippen LogP contribution >= 0.6 is 0 Å². The first kappa shape index (κ1) is 17.2. The Bertz CT molecular complexity index is 625. The predicted molar refractivity (Wildman–Crippen MR) is 80.3 cm³/mol.